The lowest BCUT2D eigenvalue weighted by Gasteiger charge is -2.27. The Bertz CT molecular complexity index is 1330. The molecule has 0 saturated carbocycles. The van der Waals surface area contributed by atoms with Crippen LogP contribution in [0.15, 0.2) is 12.7 Å². The molecule has 2 aromatic heterocycles. The summed E-state index contributed by atoms with van der Waals surface area (Å²) in [5.74, 6) is 0.562. The van der Waals surface area contributed by atoms with E-state index in [-0.39, 0.29) is 19.6 Å². The van der Waals surface area contributed by atoms with E-state index in [1.54, 1.807) is 0 Å². The Morgan fingerprint density at radius 1 is 0.976 bits per heavy atom. The number of hydrogen-bond donors (Lipinski definition) is 5. The molecule has 2 aromatic rings. The molecule has 0 radical (unpaired) electrons. The number of aliphatic hydroxyl groups is 1. The first kappa shape index (κ1) is 27.2. The van der Waals surface area contributed by atoms with Crippen LogP contribution in [0.5, 0.6) is 0 Å². The lowest BCUT2D eigenvalue weighted by molar-refractivity contribution is -0.0962. The van der Waals surface area contributed by atoms with Crippen molar-refractivity contribution >= 4 is 11.6 Å². The van der Waals surface area contributed by atoms with Gasteiger partial charge in [-0.2, -0.15) is 0 Å². The Kier molecular flexibility index (Phi) is 6.61. The third-order valence-electron chi connectivity index (χ3n) is 8.91. The zero-order valence-corrected chi connectivity index (χ0v) is 22.5. The standard InChI is InChI=1S/C26H34F2N8O5/c1-25-14-19(25)33-9-35-23(14)31-4-2-3-5-32-24-15-20(34-10-36-24)26(15,39-8-13-18(37)17(28)22(30)41-13)6-11-12(7-38-25)40-21(29)16(11)27/h9-13,16-18,21-22,37H,2-8,29-30H2,1H3,(H,31,33,35)(H,32,34,36)/t11-,12-,13-,16-,17-,18-,21-,22-,25?,26?/m1/s1. The van der Waals surface area contributed by atoms with Gasteiger partial charge in [-0.3, -0.25) is 0 Å². The number of rotatable bonds is 3. The van der Waals surface area contributed by atoms with Crippen molar-refractivity contribution in [3.63, 3.8) is 0 Å². The molecule has 2 aliphatic carbocycles. The number of ether oxygens (including phenoxy) is 4. The van der Waals surface area contributed by atoms with Crippen LogP contribution in [0.4, 0.5) is 20.4 Å². The van der Waals surface area contributed by atoms with Crippen molar-refractivity contribution < 1.29 is 32.8 Å². The molecule has 2 fully saturated rings. The number of aromatic nitrogens is 4. The summed E-state index contributed by atoms with van der Waals surface area (Å²) in [5, 5.41) is 17.0. The Labute approximate surface area is 234 Å². The molecule has 222 valence electrons. The number of aliphatic hydroxyl groups excluding tert-OH is 1. The van der Waals surface area contributed by atoms with E-state index in [2.05, 4.69) is 30.6 Å². The predicted octanol–water partition coefficient (Wildman–Crippen LogP) is 0.162. The molecule has 13 nitrogen and oxygen atoms in total. The van der Waals surface area contributed by atoms with Crippen molar-refractivity contribution in [3.8, 4) is 0 Å². The summed E-state index contributed by atoms with van der Waals surface area (Å²) in [7, 11) is 0. The fourth-order valence-electron chi connectivity index (χ4n) is 6.45. The maximum Gasteiger partial charge on any atom is 0.168 e. The molecule has 41 heavy (non-hydrogen) atoms. The van der Waals surface area contributed by atoms with Crippen molar-refractivity contribution in [1.29, 1.82) is 0 Å². The van der Waals surface area contributed by atoms with E-state index in [1.807, 2.05) is 6.92 Å². The van der Waals surface area contributed by atoms with Crippen LogP contribution in [0, 0.1) is 5.92 Å². The highest BCUT2D eigenvalue weighted by Gasteiger charge is 2.62. The molecule has 2 unspecified atom stereocenters. The molecule has 0 bridgehead atoms. The summed E-state index contributed by atoms with van der Waals surface area (Å²) in [6.07, 6.45) is -4.11. The molecule has 10 atom stereocenters. The van der Waals surface area contributed by atoms with Gasteiger partial charge in [0.15, 0.2) is 6.17 Å². The summed E-state index contributed by atoms with van der Waals surface area (Å²) >= 11 is 0. The number of halogens is 2. The first-order valence-corrected chi connectivity index (χ1v) is 14.0. The molecule has 2 saturated heterocycles. The van der Waals surface area contributed by atoms with E-state index in [4.69, 9.17) is 30.4 Å². The van der Waals surface area contributed by atoms with Crippen molar-refractivity contribution in [1.82, 2.24) is 19.9 Å². The first-order chi connectivity index (χ1) is 19.7. The van der Waals surface area contributed by atoms with Gasteiger partial charge in [0.2, 0.25) is 0 Å². The molecule has 5 aliphatic rings. The van der Waals surface area contributed by atoms with Gasteiger partial charge in [0.25, 0.3) is 0 Å². The summed E-state index contributed by atoms with van der Waals surface area (Å²) in [5.41, 5.74) is 12.7. The van der Waals surface area contributed by atoms with Crippen LogP contribution >= 0.6 is 0 Å². The first-order valence-electron chi connectivity index (χ1n) is 14.0. The van der Waals surface area contributed by atoms with Crippen molar-refractivity contribution in [2.24, 2.45) is 17.4 Å². The number of nitrogens with two attached hydrogens (primary N) is 2. The van der Waals surface area contributed by atoms with E-state index >= 15 is 4.39 Å². The largest absolute Gasteiger partial charge is 0.387 e. The van der Waals surface area contributed by atoms with Crippen LogP contribution in [-0.4, -0.2) is 94.5 Å². The molecular weight excluding hydrogens is 542 g/mol. The fraction of sp³-hybridized carbons (Fsp3) is 0.692. The summed E-state index contributed by atoms with van der Waals surface area (Å²) in [4.78, 5) is 17.6. The Morgan fingerprint density at radius 2 is 1.63 bits per heavy atom. The van der Waals surface area contributed by atoms with E-state index in [9.17, 15) is 9.50 Å². The molecule has 0 spiro atoms. The molecule has 15 heteroatoms. The maximum atomic E-state index is 15.7. The van der Waals surface area contributed by atoms with E-state index in [0.29, 0.717) is 30.2 Å². The van der Waals surface area contributed by atoms with E-state index in [1.165, 1.54) is 12.7 Å². The van der Waals surface area contributed by atoms with Gasteiger partial charge in [-0.05, 0) is 26.2 Å². The van der Waals surface area contributed by atoms with Gasteiger partial charge in [0.05, 0.1) is 41.8 Å². The van der Waals surface area contributed by atoms with Gasteiger partial charge >= 0.3 is 0 Å². The molecule has 0 aromatic carbocycles. The van der Waals surface area contributed by atoms with Crippen LogP contribution in [0.25, 0.3) is 0 Å². The summed E-state index contributed by atoms with van der Waals surface area (Å²) in [6, 6.07) is 0. The number of nitrogens with zero attached hydrogens (tertiary/aromatic N) is 4. The van der Waals surface area contributed by atoms with Gasteiger partial charge in [0, 0.05) is 19.0 Å². The van der Waals surface area contributed by atoms with Crippen LogP contribution in [0.2, 0.25) is 0 Å². The maximum absolute atomic E-state index is 15.7. The highest BCUT2D eigenvalue weighted by molar-refractivity contribution is 5.66. The molecule has 5 heterocycles. The lowest BCUT2D eigenvalue weighted by Crippen LogP contribution is -2.37. The van der Waals surface area contributed by atoms with Crippen LogP contribution in [-0.2, 0) is 30.1 Å². The number of alkyl halides is 2. The molecule has 3 aliphatic heterocycles. The molecular formula is C26H34F2N8O5. The second kappa shape index (κ2) is 9.97. The Morgan fingerprint density at radius 3 is 2.32 bits per heavy atom. The highest BCUT2D eigenvalue weighted by Crippen LogP contribution is 2.59. The molecule has 0 amide bonds. The highest BCUT2D eigenvalue weighted by atomic mass is 19.1. The average Bonchev–Trinajstić information content (AvgIpc) is 3.74. The minimum Gasteiger partial charge on any atom is -0.387 e. The van der Waals surface area contributed by atoms with Crippen molar-refractivity contribution in [2.45, 2.75) is 80.5 Å². The van der Waals surface area contributed by atoms with Gasteiger partial charge < -0.3 is 46.2 Å². The van der Waals surface area contributed by atoms with Crippen LogP contribution in [0.3, 0.4) is 0 Å². The van der Waals surface area contributed by atoms with E-state index in [0.717, 1.165) is 29.9 Å². The predicted molar refractivity (Wildman–Crippen MR) is 139 cm³/mol. The monoisotopic (exact) mass is 576 g/mol. The SMILES string of the molecule is CC12OC[C@H]3O[C@@H](N)[C@H](F)[C@@H]3CC3(OC[C@H]4O[C@@H](N)[C@H](F)[C@@H]4O)c4ncnc(c43)NCCCCNc3ncnc1c32. The van der Waals surface area contributed by atoms with Crippen molar-refractivity contribution in [3.05, 3.63) is 35.2 Å². The fourth-order valence-corrected chi connectivity index (χ4v) is 6.45. The smallest absolute Gasteiger partial charge is 0.168 e. The third-order valence-corrected chi connectivity index (χ3v) is 8.91. The normalized spacial score (nSPS) is 41.3. The zero-order valence-electron chi connectivity index (χ0n) is 22.5. The van der Waals surface area contributed by atoms with Gasteiger partial charge in [-0.1, -0.05) is 0 Å². The van der Waals surface area contributed by atoms with Gasteiger partial charge in [-0.25, -0.2) is 28.7 Å². The minimum atomic E-state index is -1.74. The zero-order chi connectivity index (χ0) is 28.5. The quantitative estimate of drug-likeness (QED) is 0.333. The Hall–Kier alpha value is -2.66. The molecule has 7 rings (SSSR count). The second-order valence-electron chi connectivity index (χ2n) is 11.5. The topological polar surface area (TPSA) is 185 Å². The number of hydrogen-bond acceptors (Lipinski definition) is 13. The lowest BCUT2D eigenvalue weighted by atomic mass is 9.90. The van der Waals surface area contributed by atoms with Crippen LogP contribution < -0.4 is 22.1 Å². The van der Waals surface area contributed by atoms with Crippen molar-refractivity contribution in [2.75, 3.05) is 36.9 Å². The second-order valence-corrected chi connectivity index (χ2v) is 11.5. The number of anilines is 2. The third kappa shape index (κ3) is 4.37. The minimum absolute atomic E-state index is 0.0527. The van der Waals surface area contributed by atoms with Gasteiger partial charge in [-0.15, -0.1) is 0 Å². The van der Waals surface area contributed by atoms with Crippen LogP contribution in [0.1, 0.15) is 48.7 Å². The summed E-state index contributed by atoms with van der Waals surface area (Å²) < 4.78 is 53.8. The number of nitrogens with one attached hydrogen (secondary N) is 2. The Balaban J connectivity index is 1.18. The average molecular weight is 577 g/mol. The van der Waals surface area contributed by atoms with Gasteiger partial charge in [0.1, 0.15) is 66.3 Å². The van der Waals surface area contributed by atoms with E-state index < -0.39 is 60.2 Å². The number of fused-ring (bicyclic) bond motifs is 3. The molecule has 7 N–H and O–H groups in total. The summed E-state index contributed by atoms with van der Waals surface area (Å²) in [6.45, 7) is 3.09.